The summed E-state index contributed by atoms with van der Waals surface area (Å²) in [6.07, 6.45) is 11.2. The van der Waals surface area contributed by atoms with Gasteiger partial charge in [0, 0.05) is 48.8 Å². The van der Waals surface area contributed by atoms with Gasteiger partial charge in [-0.25, -0.2) is 0 Å². The van der Waals surface area contributed by atoms with Crippen LogP contribution < -0.4 is 16.4 Å². The molecule has 0 aliphatic heterocycles. The Morgan fingerprint density at radius 3 is 2.17 bits per heavy atom. The highest BCUT2D eigenvalue weighted by Crippen LogP contribution is 2.23. The first kappa shape index (κ1) is 33.8. The van der Waals surface area contributed by atoms with Gasteiger partial charge in [-0.05, 0) is 68.6 Å². The molecule has 7 heteroatoms. The van der Waals surface area contributed by atoms with Crippen LogP contribution in [-0.4, -0.2) is 54.3 Å². The highest BCUT2D eigenvalue weighted by molar-refractivity contribution is 5.99. The molecule has 1 aliphatic rings. The number of carbonyl (C=O) groups excluding carboxylic acids is 3. The van der Waals surface area contributed by atoms with E-state index in [-0.39, 0.29) is 35.7 Å². The predicted octanol–water partition coefficient (Wildman–Crippen LogP) is 5.92. The van der Waals surface area contributed by atoms with E-state index >= 15 is 0 Å². The van der Waals surface area contributed by atoms with Gasteiger partial charge in [0.25, 0.3) is 11.8 Å². The minimum Gasteiger partial charge on any atom is -0.356 e. The van der Waals surface area contributed by atoms with Crippen LogP contribution in [0.25, 0.3) is 0 Å². The predicted molar refractivity (Wildman–Crippen MR) is 164 cm³/mol. The molecule has 4 N–H and O–H groups in total. The number of hydrogen-bond acceptors (Lipinski definition) is 4. The van der Waals surface area contributed by atoms with Crippen molar-refractivity contribution in [2.45, 2.75) is 117 Å². The van der Waals surface area contributed by atoms with Crippen LogP contribution in [0.3, 0.4) is 0 Å². The summed E-state index contributed by atoms with van der Waals surface area (Å²) >= 11 is 0. The van der Waals surface area contributed by atoms with Crippen LogP contribution in [0, 0.1) is 17.8 Å². The summed E-state index contributed by atoms with van der Waals surface area (Å²) in [5.41, 5.74) is 7.69. The molecular weight excluding hydrogens is 500 g/mol. The van der Waals surface area contributed by atoms with Crippen molar-refractivity contribution in [1.82, 2.24) is 15.5 Å². The number of rotatable bonds is 17. The smallest absolute Gasteiger partial charge is 0.253 e. The molecule has 0 saturated heterocycles. The molecule has 1 fully saturated rings. The fourth-order valence-electron chi connectivity index (χ4n) is 5.89. The average molecular weight is 557 g/mol. The second kappa shape index (κ2) is 18.1. The van der Waals surface area contributed by atoms with Crippen LogP contribution in [0.5, 0.6) is 0 Å². The lowest BCUT2D eigenvalue weighted by atomic mass is 9.87. The number of nitrogens with two attached hydrogens (primary N) is 1. The molecule has 0 heterocycles. The Morgan fingerprint density at radius 2 is 1.57 bits per heavy atom. The molecule has 226 valence electrons. The molecule has 0 radical (unpaired) electrons. The van der Waals surface area contributed by atoms with Gasteiger partial charge in [0.15, 0.2) is 0 Å². The first-order chi connectivity index (χ1) is 19.2. The molecular formula is C33H56N4O3. The maximum atomic E-state index is 13.4. The largest absolute Gasteiger partial charge is 0.356 e. The topological polar surface area (TPSA) is 105 Å². The molecule has 0 bridgehead atoms. The Balaban J connectivity index is 2.09. The van der Waals surface area contributed by atoms with Gasteiger partial charge in [0.2, 0.25) is 5.91 Å². The number of hydrogen-bond donors (Lipinski definition) is 3. The standard InChI is InChI=1S/C33H56N4O3/c1-6-18-37(19-7-2)33(40)28-17-13-16-27(22-28)32(39)36-30(21-25(8-3)9-4)29(34)20-24(5)31(38)35-23-26-14-11-10-12-15-26/h13,16-17,22,24-26,29-30H,6-12,14-15,18-21,23,34H2,1-5H3,(H,35,38)(H,36,39)/t24-,29+,30+/m1/s1. The first-order valence-electron chi connectivity index (χ1n) is 16.0. The molecule has 1 aliphatic carbocycles. The molecule has 0 aromatic heterocycles. The van der Waals surface area contributed by atoms with E-state index < -0.39 is 0 Å². The van der Waals surface area contributed by atoms with E-state index in [4.69, 9.17) is 5.73 Å². The first-order valence-corrected chi connectivity index (χ1v) is 16.0. The number of amides is 3. The van der Waals surface area contributed by atoms with Crippen molar-refractivity contribution < 1.29 is 14.4 Å². The fourth-order valence-corrected chi connectivity index (χ4v) is 5.89. The fraction of sp³-hybridized carbons (Fsp3) is 0.727. The van der Waals surface area contributed by atoms with E-state index in [0.29, 0.717) is 42.5 Å². The van der Waals surface area contributed by atoms with E-state index in [1.54, 1.807) is 24.3 Å². The van der Waals surface area contributed by atoms with Crippen LogP contribution in [0.4, 0.5) is 0 Å². The van der Waals surface area contributed by atoms with Crippen molar-refractivity contribution >= 4 is 17.7 Å². The normalized spacial score (nSPS) is 16.3. The molecule has 40 heavy (non-hydrogen) atoms. The Kier molecular flexibility index (Phi) is 15.3. The van der Waals surface area contributed by atoms with Crippen molar-refractivity contribution in [2.75, 3.05) is 19.6 Å². The molecule has 7 nitrogen and oxygen atoms in total. The van der Waals surface area contributed by atoms with Crippen LogP contribution in [-0.2, 0) is 4.79 Å². The van der Waals surface area contributed by atoms with Crippen molar-refractivity contribution in [2.24, 2.45) is 23.5 Å². The summed E-state index contributed by atoms with van der Waals surface area (Å²) in [7, 11) is 0. The minimum atomic E-state index is -0.352. The molecule has 1 saturated carbocycles. The van der Waals surface area contributed by atoms with Crippen molar-refractivity contribution in [3.05, 3.63) is 35.4 Å². The zero-order valence-corrected chi connectivity index (χ0v) is 25.8. The van der Waals surface area contributed by atoms with Gasteiger partial charge in [0.1, 0.15) is 0 Å². The van der Waals surface area contributed by atoms with Gasteiger partial charge >= 0.3 is 0 Å². The molecule has 3 amide bonds. The second-order valence-corrected chi connectivity index (χ2v) is 11.9. The lowest BCUT2D eigenvalue weighted by Gasteiger charge is -2.30. The molecule has 1 aromatic rings. The Hall–Kier alpha value is -2.41. The quantitative estimate of drug-likeness (QED) is 0.221. The van der Waals surface area contributed by atoms with E-state index in [1.807, 2.05) is 11.8 Å². The van der Waals surface area contributed by atoms with Gasteiger partial charge in [0.05, 0.1) is 0 Å². The summed E-state index contributed by atoms with van der Waals surface area (Å²) in [6, 6.07) is 6.37. The van der Waals surface area contributed by atoms with Gasteiger partial charge in [-0.3, -0.25) is 14.4 Å². The summed E-state index contributed by atoms with van der Waals surface area (Å²) in [6.45, 7) is 12.5. The molecule has 0 spiro atoms. The molecule has 1 aromatic carbocycles. The molecule has 0 unspecified atom stereocenters. The van der Waals surface area contributed by atoms with Crippen LogP contribution >= 0.6 is 0 Å². The number of nitrogens with one attached hydrogen (secondary N) is 2. The lowest BCUT2D eigenvalue weighted by molar-refractivity contribution is -0.125. The van der Waals surface area contributed by atoms with Gasteiger partial charge < -0.3 is 21.3 Å². The van der Waals surface area contributed by atoms with Crippen LogP contribution in [0.1, 0.15) is 126 Å². The summed E-state index contributed by atoms with van der Waals surface area (Å²) in [5.74, 6) is 0.549. The summed E-state index contributed by atoms with van der Waals surface area (Å²) < 4.78 is 0. The van der Waals surface area contributed by atoms with Crippen LogP contribution in [0.2, 0.25) is 0 Å². The SMILES string of the molecule is CCCN(CCC)C(=O)c1cccc(C(=O)N[C@@H](CC(CC)CC)[C@@H](N)C[C@@H](C)C(=O)NCC2CCCCC2)c1. The zero-order valence-electron chi connectivity index (χ0n) is 25.8. The second-order valence-electron chi connectivity index (χ2n) is 11.9. The highest BCUT2D eigenvalue weighted by atomic mass is 16.2. The summed E-state index contributed by atoms with van der Waals surface area (Å²) in [5, 5.41) is 6.34. The third kappa shape index (κ3) is 10.9. The van der Waals surface area contributed by atoms with Gasteiger partial charge in [-0.2, -0.15) is 0 Å². The van der Waals surface area contributed by atoms with Gasteiger partial charge in [-0.1, -0.05) is 72.8 Å². The lowest BCUT2D eigenvalue weighted by Crippen LogP contribution is -2.50. The maximum Gasteiger partial charge on any atom is 0.253 e. The van der Waals surface area contributed by atoms with Crippen LogP contribution in [0.15, 0.2) is 24.3 Å². The number of nitrogens with zero attached hydrogens (tertiary/aromatic N) is 1. The third-order valence-electron chi connectivity index (χ3n) is 8.58. The Bertz CT molecular complexity index is 905. The third-order valence-corrected chi connectivity index (χ3v) is 8.58. The number of carbonyl (C=O) groups is 3. The van der Waals surface area contributed by atoms with E-state index in [0.717, 1.165) is 38.6 Å². The maximum absolute atomic E-state index is 13.4. The highest BCUT2D eigenvalue weighted by Gasteiger charge is 2.28. The van der Waals surface area contributed by atoms with Crippen molar-refractivity contribution in [1.29, 1.82) is 0 Å². The Morgan fingerprint density at radius 1 is 0.950 bits per heavy atom. The monoisotopic (exact) mass is 556 g/mol. The number of benzene rings is 1. The van der Waals surface area contributed by atoms with E-state index in [9.17, 15) is 14.4 Å². The van der Waals surface area contributed by atoms with E-state index in [1.165, 1.54) is 32.1 Å². The molecule has 3 atom stereocenters. The van der Waals surface area contributed by atoms with Crippen molar-refractivity contribution in [3.8, 4) is 0 Å². The summed E-state index contributed by atoms with van der Waals surface area (Å²) in [4.78, 5) is 41.3. The van der Waals surface area contributed by atoms with Gasteiger partial charge in [-0.15, -0.1) is 0 Å². The van der Waals surface area contributed by atoms with Crippen molar-refractivity contribution in [3.63, 3.8) is 0 Å². The Labute approximate surface area is 243 Å². The van der Waals surface area contributed by atoms with E-state index in [2.05, 4.69) is 38.3 Å². The minimum absolute atomic E-state index is 0.0447. The average Bonchev–Trinajstić information content (AvgIpc) is 2.97. The zero-order chi connectivity index (χ0) is 29.5. The molecule has 2 rings (SSSR count).